The van der Waals surface area contributed by atoms with Crippen molar-refractivity contribution in [3.8, 4) is 17.1 Å². The Morgan fingerprint density at radius 2 is 1.89 bits per heavy atom. The number of nitrogens with zero attached hydrogens (tertiary/aromatic N) is 8. The second kappa shape index (κ2) is 13.9. The number of carbonyl (C=O) groups is 2. The first kappa shape index (κ1) is 37.8. The molecular weight excluding hydrogens is 743 g/mol. The normalized spacial score (nSPS) is 16.8. The second-order valence-corrected chi connectivity index (χ2v) is 14.5. The van der Waals surface area contributed by atoms with Crippen LogP contribution in [0.2, 0.25) is 5.02 Å². The molecule has 5 heterocycles. The number of hydrogen-bond donors (Lipinski definition) is 2. The summed E-state index contributed by atoms with van der Waals surface area (Å²) in [6, 6.07) is 7.89. The molecule has 1 saturated heterocycles. The van der Waals surface area contributed by atoms with Gasteiger partial charge in [-0.25, -0.2) is 9.97 Å². The maximum Gasteiger partial charge on any atom is 0.416 e. The molecule has 2 amide bonds. The van der Waals surface area contributed by atoms with Crippen LogP contribution in [0.5, 0.6) is 5.75 Å². The summed E-state index contributed by atoms with van der Waals surface area (Å²) >= 11 is 6.16. The minimum absolute atomic E-state index is 0.0280. The zero-order valence-corrected chi connectivity index (χ0v) is 31.3. The summed E-state index contributed by atoms with van der Waals surface area (Å²) in [4.78, 5) is 57.7. The first-order chi connectivity index (χ1) is 26.0. The van der Waals surface area contributed by atoms with Gasteiger partial charge in [0.1, 0.15) is 18.6 Å². The number of nitrogens with one attached hydrogen (secondary N) is 1. The Morgan fingerprint density at radius 3 is 2.58 bits per heavy atom. The number of fused-ring (bicyclic) bond motifs is 2. The molecule has 288 valence electrons. The van der Waals surface area contributed by atoms with Crippen LogP contribution in [0, 0.1) is 6.92 Å². The van der Waals surface area contributed by atoms with Gasteiger partial charge in [-0.2, -0.15) is 22.7 Å². The first-order valence-corrected chi connectivity index (χ1v) is 17.9. The molecule has 0 bridgehead atoms. The average molecular weight is 780 g/mol. The third-order valence-corrected chi connectivity index (χ3v) is 10.4. The highest BCUT2D eigenvalue weighted by Crippen LogP contribution is 2.38. The molecule has 0 aliphatic carbocycles. The summed E-state index contributed by atoms with van der Waals surface area (Å²) in [5.74, 6) is -1.13. The van der Waals surface area contributed by atoms with E-state index in [9.17, 15) is 32.7 Å². The van der Waals surface area contributed by atoms with E-state index in [1.165, 1.54) is 6.33 Å². The Labute approximate surface area is 317 Å². The average Bonchev–Trinajstić information content (AvgIpc) is 3.72. The number of ether oxygens (including phenoxy) is 1. The van der Waals surface area contributed by atoms with E-state index in [0.29, 0.717) is 17.9 Å². The maximum absolute atomic E-state index is 14.5. The number of rotatable bonds is 7. The van der Waals surface area contributed by atoms with Crippen LogP contribution in [0.4, 0.5) is 24.5 Å². The highest BCUT2D eigenvalue weighted by atomic mass is 35.5. The Balaban J connectivity index is 1.29. The fraction of sp³-hybridized carbons (Fsp3) is 0.378. The van der Waals surface area contributed by atoms with Crippen LogP contribution in [-0.4, -0.2) is 76.6 Å². The van der Waals surface area contributed by atoms with E-state index in [0.717, 1.165) is 33.8 Å². The van der Waals surface area contributed by atoms with E-state index in [4.69, 9.17) is 21.3 Å². The number of carbonyl (C=O) groups excluding carboxylic acids is 2. The molecule has 0 spiro atoms. The molecule has 2 N–H and O–H groups in total. The highest BCUT2D eigenvalue weighted by Gasteiger charge is 2.35. The number of aryl methyl sites for hydroxylation is 1. The molecule has 7 rings (SSSR count). The van der Waals surface area contributed by atoms with Crippen LogP contribution in [0.25, 0.3) is 17.2 Å². The first-order valence-electron chi connectivity index (χ1n) is 17.5. The zero-order valence-electron chi connectivity index (χ0n) is 30.5. The topological polar surface area (TPSA) is 160 Å². The van der Waals surface area contributed by atoms with Gasteiger partial charge in [-0.1, -0.05) is 30.7 Å². The van der Waals surface area contributed by atoms with Crippen LogP contribution in [-0.2, 0) is 40.9 Å². The Hall–Kier alpha value is -5.55. The van der Waals surface area contributed by atoms with Crippen molar-refractivity contribution in [3.63, 3.8) is 0 Å². The zero-order chi connectivity index (χ0) is 39.6. The molecule has 55 heavy (non-hydrogen) atoms. The van der Waals surface area contributed by atoms with Crippen molar-refractivity contribution in [2.24, 2.45) is 0 Å². The molecule has 3 aromatic heterocycles. The second-order valence-electron chi connectivity index (χ2n) is 14.0. The van der Waals surface area contributed by atoms with Crippen molar-refractivity contribution in [2.45, 2.75) is 72.0 Å². The molecular formula is C37H37ClF3N9O5. The largest absolute Gasteiger partial charge is 0.504 e. The number of benzene rings is 2. The predicted octanol–water partition coefficient (Wildman–Crippen LogP) is 5.35. The third-order valence-electron chi connectivity index (χ3n) is 10.0. The molecule has 18 heteroatoms. The minimum Gasteiger partial charge on any atom is -0.504 e. The Bertz CT molecular complexity index is 2430. The summed E-state index contributed by atoms with van der Waals surface area (Å²) in [6.07, 6.45) is -3.15. The molecule has 0 radical (unpaired) electrons. The van der Waals surface area contributed by atoms with E-state index in [1.807, 2.05) is 50.8 Å². The monoisotopic (exact) mass is 779 g/mol. The van der Waals surface area contributed by atoms with Gasteiger partial charge in [0.15, 0.2) is 17.3 Å². The molecule has 5 aromatic rings. The molecule has 2 aliphatic rings. The van der Waals surface area contributed by atoms with Crippen LogP contribution in [0.15, 0.2) is 47.5 Å². The Morgan fingerprint density at radius 1 is 1.13 bits per heavy atom. The number of anilines is 2. The lowest BCUT2D eigenvalue weighted by Crippen LogP contribution is -2.55. The maximum atomic E-state index is 14.5. The number of aromatic hydroxyl groups is 1. The molecule has 2 aromatic carbocycles. The number of halogens is 4. The van der Waals surface area contributed by atoms with Crippen molar-refractivity contribution in [1.29, 1.82) is 0 Å². The molecule has 14 nitrogen and oxygen atoms in total. The van der Waals surface area contributed by atoms with Gasteiger partial charge in [0, 0.05) is 31.2 Å². The van der Waals surface area contributed by atoms with Crippen LogP contribution < -0.4 is 15.8 Å². The quantitative estimate of drug-likeness (QED) is 0.221. The minimum atomic E-state index is -4.62. The van der Waals surface area contributed by atoms with Gasteiger partial charge in [0.2, 0.25) is 11.7 Å². The van der Waals surface area contributed by atoms with Crippen molar-refractivity contribution in [1.82, 2.24) is 34.0 Å². The Kier molecular flexibility index (Phi) is 9.57. The van der Waals surface area contributed by atoms with E-state index in [-0.39, 0.29) is 71.2 Å². The summed E-state index contributed by atoms with van der Waals surface area (Å²) in [5.41, 5.74) is 1.47. The third kappa shape index (κ3) is 6.86. The number of piperazine rings is 1. The SMILES string of the molecule is CCc1c(N2CCN(C(=O)c3ncnc(C)c3O)C[C@@H]2C)c(=O)n2nc(-c3ccc4c(c3)COC4(C)C)nc2n1CC(=O)Nc1ccc(C(F)(F)F)cc1Cl. The lowest BCUT2D eigenvalue weighted by molar-refractivity contribution is -0.137. The molecule has 0 unspecified atom stereocenters. The van der Waals surface area contributed by atoms with Crippen LogP contribution in [0.3, 0.4) is 0 Å². The van der Waals surface area contributed by atoms with Gasteiger partial charge in [-0.3, -0.25) is 14.4 Å². The van der Waals surface area contributed by atoms with Crippen molar-refractivity contribution in [2.75, 3.05) is 29.9 Å². The van der Waals surface area contributed by atoms with Crippen LogP contribution in [0.1, 0.15) is 66.3 Å². The summed E-state index contributed by atoms with van der Waals surface area (Å²) in [7, 11) is 0. The molecule has 1 atom stereocenters. The van der Waals surface area contributed by atoms with E-state index in [1.54, 1.807) is 16.4 Å². The van der Waals surface area contributed by atoms with Crippen LogP contribution >= 0.6 is 11.6 Å². The standard InChI is InChI=1S/C37H37ClF3N9O5/c1-6-27-30(48-12-11-47(15-19(48)2)33(53)29-31(52)20(3)42-18-43-29)34(54)50-35(45-32(46-50)21-7-9-24-22(13-21)17-55-36(24,4)5)49(27)16-28(51)44-26-10-8-23(14-25(26)38)37(39,40)41/h7-10,13-14,18-19,52H,6,11-12,15-17H2,1-5H3,(H,44,51)/t19-/m0/s1. The number of alkyl halides is 3. The van der Waals surface area contributed by atoms with Crippen molar-refractivity contribution >= 4 is 40.6 Å². The number of aromatic nitrogens is 6. The van der Waals surface area contributed by atoms with Gasteiger partial charge in [0.05, 0.1) is 39.9 Å². The van der Waals surface area contributed by atoms with Gasteiger partial charge in [0.25, 0.3) is 11.5 Å². The molecule has 1 fully saturated rings. The highest BCUT2D eigenvalue weighted by molar-refractivity contribution is 6.33. The van der Waals surface area contributed by atoms with E-state index < -0.39 is 47.3 Å². The van der Waals surface area contributed by atoms with Gasteiger partial charge >= 0.3 is 6.18 Å². The lowest BCUT2D eigenvalue weighted by atomic mass is 9.94. The summed E-state index contributed by atoms with van der Waals surface area (Å²) in [5, 5.41) is 17.4. The van der Waals surface area contributed by atoms with E-state index in [2.05, 4.69) is 20.4 Å². The fourth-order valence-electron chi connectivity index (χ4n) is 7.17. The van der Waals surface area contributed by atoms with E-state index >= 15 is 0 Å². The molecule has 2 aliphatic heterocycles. The van der Waals surface area contributed by atoms with Gasteiger partial charge < -0.3 is 29.5 Å². The molecule has 0 saturated carbocycles. The fourth-order valence-corrected chi connectivity index (χ4v) is 7.40. The van der Waals surface area contributed by atoms with Gasteiger partial charge in [-0.05, 0) is 69.5 Å². The predicted molar refractivity (Wildman–Crippen MR) is 196 cm³/mol. The summed E-state index contributed by atoms with van der Waals surface area (Å²) in [6.45, 7) is 9.72. The number of hydrogen-bond acceptors (Lipinski definition) is 10. The van der Waals surface area contributed by atoms with Crippen molar-refractivity contribution < 1.29 is 32.6 Å². The lowest BCUT2D eigenvalue weighted by Gasteiger charge is -2.41. The van der Waals surface area contributed by atoms with Gasteiger partial charge in [-0.15, -0.1) is 5.10 Å². The summed E-state index contributed by atoms with van der Waals surface area (Å²) < 4.78 is 48.5. The number of amides is 2. The smallest absolute Gasteiger partial charge is 0.416 e. The van der Waals surface area contributed by atoms with Crippen molar-refractivity contribution in [3.05, 3.63) is 91.9 Å².